The number of hydrogen-bond acceptors (Lipinski definition) is 4. The van der Waals surface area contributed by atoms with Gasteiger partial charge in [-0.2, -0.15) is 0 Å². The molecule has 0 radical (unpaired) electrons. The molecule has 21 heavy (non-hydrogen) atoms. The molecule has 5 heteroatoms. The number of nitrogens with one attached hydrogen (secondary N) is 1. The van der Waals surface area contributed by atoms with Crippen LogP contribution in [-0.4, -0.2) is 47.0 Å². The second-order valence-corrected chi connectivity index (χ2v) is 5.97. The average Bonchev–Trinajstić information content (AvgIpc) is 3.02. The molecule has 1 fully saturated rings. The average molecular weight is 285 g/mol. The summed E-state index contributed by atoms with van der Waals surface area (Å²) in [5.74, 6) is 2.66. The number of rotatable bonds is 4. The van der Waals surface area contributed by atoms with Crippen molar-refractivity contribution in [2.45, 2.75) is 25.3 Å². The molecule has 1 saturated heterocycles. The summed E-state index contributed by atoms with van der Waals surface area (Å²) in [7, 11) is 4.03. The second kappa shape index (κ2) is 6.26. The lowest BCUT2D eigenvalue weighted by Gasteiger charge is -2.31. The minimum absolute atomic E-state index is 0.530. The number of aromatic amines is 1. The molecule has 1 atom stereocenters. The lowest BCUT2D eigenvalue weighted by atomic mass is 9.97. The van der Waals surface area contributed by atoms with E-state index in [9.17, 15) is 0 Å². The smallest absolute Gasteiger partial charge is 0.127 e. The lowest BCUT2D eigenvalue weighted by molar-refractivity contribution is 0.197. The van der Waals surface area contributed by atoms with Crippen LogP contribution in [0.2, 0.25) is 0 Å². The molecule has 0 aliphatic carbocycles. The van der Waals surface area contributed by atoms with Crippen molar-refractivity contribution in [3.63, 3.8) is 0 Å². The quantitative estimate of drug-likeness (QED) is 0.936. The van der Waals surface area contributed by atoms with Crippen LogP contribution >= 0.6 is 0 Å². The fraction of sp³-hybridized carbons (Fsp3) is 0.500. The number of anilines is 1. The van der Waals surface area contributed by atoms with Crippen LogP contribution in [-0.2, 0) is 6.54 Å². The van der Waals surface area contributed by atoms with Crippen molar-refractivity contribution < 1.29 is 0 Å². The summed E-state index contributed by atoms with van der Waals surface area (Å²) in [5, 5.41) is 0. The van der Waals surface area contributed by atoms with Gasteiger partial charge < -0.3 is 9.88 Å². The van der Waals surface area contributed by atoms with Crippen LogP contribution in [0.15, 0.2) is 30.7 Å². The maximum Gasteiger partial charge on any atom is 0.127 e. The first-order valence-corrected chi connectivity index (χ1v) is 7.56. The van der Waals surface area contributed by atoms with Crippen molar-refractivity contribution in [2.24, 2.45) is 0 Å². The zero-order valence-electron chi connectivity index (χ0n) is 12.8. The van der Waals surface area contributed by atoms with Crippen LogP contribution in [0.3, 0.4) is 0 Å². The molecule has 3 rings (SSSR count). The first kappa shape index (κ1) is 14.1. The highest BCUT2D eigenvalue weighted by molar-refractivity contribution is 5.37. The third-order valence-electron chi connectivity index (χ3n) is 4.09. The minimum Gasteiger partial charge on any atom is -0.363 e. The van der Waals surface area contributed by atoms with Crippen LogP contribution in [0.1, 0.15) is 30.1 Å². The summed E-state index contributed by atoms with van der Waals surface area (Å²) in [6.45, 7) is 3.20. The molecular weight excluding hydrogens is 262 g/mol. The summed E-state index contributed by atoms with van der Waals surface area (Å²) in [6, 6.07) is 4.27. The monoisotopic (exact) mass is 285 g/mol. The molecule has 5 nitrogen and oxygen atoms in total. The Morgan fingerprint density at radius 1 is 1.33 bits per heavy atom. The summed E-state index contributed by atoms with van der Waals surface area (Å²) < 4.78 is 0. The normalized spacial score (nSPS) is 19.6. The van der Waals surface area contributed by atoms with Gasteiger partial charge in [-0.25, -0.2) is 9.97 Å². The van der Waals surface area contributed by atoms with Gasteiger partial charge in [-0.3, -0.25) is 4.90 Å². The fourth-order valence-corrected chi connectivity index (χ4v) is 2.96. The second-order valence-electron chi connectivity index (χ2n) is 5.97. The Labute approximate surface area is 126 Å². The molecule has 1 N–H and O–H groups in total. The highest BCUT2D eigenvalue weighted by Gasteiger charge is 2.22. The first-order chi connectivity index (χ1) is 10.2. The van der Waals surface area contributed by atoms with Gasteiger partial charge >= 0.3 is 0 Å². The number of piperidine rings is 1. The Kier molecular flexibility index (Phi) is 4.20. The Morgan fingerprint density at radius 2 is 2.24 bits per heavy atom. The summed E-state index contributed by atoms with van der Waals surface area (Å²) >= 11 is 0. The van der Waals surface area contributed by atoms with Gasteiger partial charge in [0.25, 0.3) is 0 Å². The van der Waals surface area contributed by atoms with Crippen molar-refractivity contribution in [3.05, 3.63) is 42.1 Å². The third-order valence-corrected chi connectivity index (χ3v) is 4.09. The molecule has 0 spiro atoms. The largest absolute Gasteiger partial charge is 0.363 e. The zero-order chi connectivity index (χ0) is 14.7. The van der Waals surface area contributed by atoms with Gasteiger partial charge in [0.15, 0.2) is 0 Å². The van der Waals surface area contributed by atoms with Gasteiger partial charge in [-0.15, -0.1) is 0 Å². The predicted molar refractivity (Wildman–Crippen MR) is 84.4 cm³/mol. The maximum atomic E-state index is 4.49. The van der Waals surface area contributed by atoms with E-state index >= 15 is 0 Å². The number of hydrogen-bond donors (Lipinski definition) is 1. The molecule has 3 heterocycles. The van der Waals surface area contributed by atoms with E-state index in [1.807, 2.05) is 37.6 Å². The van der Waals surface area contributed by atoms with Crippen molar-refractivity contribution >= 4 is 5.82 Å². The molecule has 1 aliphatic rings. The Balaban J connectivity index is 1.62. The number of pyridine rings is 1. The minimum atomic E-state index is 0.530. The SMILES string of the molecule is CN(C)c1ccc(CN2CCC[C@H](c3ncc[nH]3)C2)cn1. The molecule has 2 aromatic heterocycles. The predicted octanol–water partition coefficient (Wildman–Crippen LogP) is 2.25. The molecule has 0 amide bonds. The lowest BCUT2D eigenvalue weighted by Crippen LogP contribution is -2.34. The zero-order valence-corrected chi connectivity index (χ0v) is 12.8. The standard InChI is InChI=1S/C16H23N5/c1-20(2)15-6-5-13(10-19-15)11-21-9-3-4-14(12-21)16-17-7-8-18-16/h5-8,10,14H,3-4,9,11-12H2,1-2H3,(H,17,18)/t14-/m0/s1. The molecule has 0 unspecified atom stereocenters. The number of likely N-dealkylation sites (tertiary alicyclic amines) is 1. The van der Waals surface area contributed by atoms with Gasteiger partial charge in [0, 0.05) is 51.7 Å². The van der Waals surface area contributed by atoms with Gasteiger partial charge in [0.05, 0.1) is 0 Å². The summed E-state index contributed by atoms with van der Waals surface area (Å²) in [6.07, 6.45) is 8.21. The molecule has 112 valence electrons. The van der Waals surface area contributed by atoms with E-state index in [1.54, 1.807) is 0 Å². The van der Waals surface area contributed by atoms with E-state index in [1.165, 1.54) is 18.4 Å². The summed E-state index contributed by atoms with van der Waals surface area (Å²) in [4.78, 5) is 16.7. The van der Waals surface area contributed by atoms with Gasteiger partial charge in [0.2, 0.25) is 0 Å². The Bertz CT molecular complexity index is 547. The molecule has 0 bridgehead atoms. The maximum absolute atomic E-state index is 4.49. The third kappa shape index (κ3) is 3.42. The molecule has 2 aromatic rings. The topological polar surface area (TPSA) is 48.0 Å². The number of H-pyrrole nitrogens is 1. The fourth-order valence-electron chi connectivity index (χ4n) is 2.96. The van der Waals surface area contributed by atoms with Gasteiger partial charge in [-0.05, 0) is 31.0 Å². The van der Waals surface area contributed by atoms with Crippen LogP contribution in [0.5, 0.6) is 0 Å². The molecular formula is C16H23N5. The first-order valence-electron chi connectivity index (χ1n) is 7.56. The van der Waals surface area contributed by atoms with Crippen molar-refractivity contribution in [2.75, 3.05) is 32.1 Å². The van der Waals surface area contributed by atoms with Gasteiger partial charge in [0.1, 0.15) is 11.6 Å². The van der Waals surface area contributed by atoms with E-state index < -0.39 is 0 Å². The van der Waals surface area contributed by atoms with E-state index in [0.29, 0.717) is 5.92 Å². The van der Waals surface area contributed by atoms with E-state index in [4.69, 9.17) is 0 Å². The summed E-state index contributed by atoms with van der Waals surface area (Å²) in [5.41, 5.74) is 1.28. The van der Waals surface area contributed by atoms with Crippen LogP contribution in [0.25, 0.3) is 0 Å². The highest BCUT2D eigenvalue weighted by atomic mass is 15.1. The highest BCUT2D eigenvalue weighted by Crippen LogP contribution is 2.25. The van der Waals surface area contributed by atoms with Crippen molar-refractivity contribution in [1.29, 1.82) is 0 Å². The Morgan fingerprint density at radius 3 is 2.90 bits per heavy atom. The van der Waals surface area contributed by atoms with E-state index in [2.05, 4.69) is 32.0 Å². The number of nitrogens with zero attached hydrogens (tertiary/aromatic N) is 4. The molecule has 0 aromatic carbocycles. The van der Waals surface area contributed by atoms with Crippen molar-refractivity contribution in [1.82, 2.24) is 19.9 Å². The number of aromatic nitrogens is 3. The van der Waals surface area contributed by atoms with Gasteiger partial charge in [-0.1, -0.05) is 6.07 Å². The van der Waals surface area contributed by atoms with Crippen LogP contribution in [0, 0.1) is 0 Å². The Hall–Kier alpha value is -1.88. The number of imidazole rings is 1. The molecule has 0 saturated carbocycles. The molecule has 1 aliphatic heterocycles. The van der Waals surface area contributed by atoms with E-state index in [-0.39, 0.29) is 0 Å². The van der Waals surface area contributed by atoms with Crippen molar-refractivity contribution in [3.8, 4) is 0 Å². The van der Waals surface area contributed by atoms with Crippen LogP contribution in [0.4, 0.5) is 5.82 Å². The van der Waals surface area contributed by atoms with E-state index in [0.717, 1.165) is 31.3 Å². The van der Waals surface area contributed by atoms with Crippen LogP contribution < -0.4 is 4.90 Å².